The quantitative estimate of drug-likeness (QED) is 0.799. The molecule has 2 aromatic rings. The summed E-state index contributed by atoms with van der Waals surface area (Å²) < 4.78 is 14.1. The summed E-state index contributed by atoms with van der Waals surface area (Å²) in [7, 11) is 2.07. The first-order valence-corrected chi connectivity index (χ1v) is 7.21. The highest BCUT2D eigenvalue weighted by atomic mass is 35.5. The molecule has 3 rings (SSSR count). The van der Waals surface area contributed by atoms with Crippen LogP contribution in [0.4, 0.5) is 10.2 Å². The lowest BCUT2D eigenvalue weighted by Gasteiger charge is -2.41. The Morgan fingerprint density at radius 2 is 2.00 bits per heavy atom. The van der Waals surface area contributed by atoms with Crippen LogP contribution in [0.2, 0.25) is 5.28 Å². The van der Waals surface area contributed by atoms with Gasteiger partial charge in [-0.15, -0.1) is 0 Å². The van der Waals surface area contributed by atoms with Gasteiger partial charge in [0.25, 0.3) is 0 Å². The van der Waals surface area contributed by atoms with Gasteiger partial charge in [0, 0.05) is 19.6 Å². The van der Waals surface area contributed by atoms with Gasteiger partial charge >= 0.3 is 0 Å². The summed E-state index contributed by atoms with van der Waals surface area (Å²) in [5.41, 5.74) is 1.14. The van der Waals surface area contributed by atoms with E-state index in [9.17, 15) is 4.39 Å². The summed E-state index contributed by atoms with van der Waals surface area (Å²) in [6.45, 7) is 2.36. The third-order valence-electron chi connectivity index (χ3n) is 3.74. The van der Waals surface area contributed by atoms with Crippen LogP contribution in [0, 0.1) is 5.82 Å². The van der Waals surface area contributed by atoms with E-state index in [-0.39, 0.29) is 17.1 Å². The van der Waals surface area contributed by atoms with Crippen LogP contribution in [0.25, 0.3) is 0 Å². The first kappa shape index (κ1) is 14.2. The van der Waals surface area contributed by atoms with Crippen LogP contribution < -0.4 is 4.90 Å². The van der Waals surface area contributed by atoms with Gasteiger partial charge < -0.3 is 9.80 Å². The van der Waals surface area contributed by atoms with Crippen molar-refractivity contribution in [1.82, 2.24) is 14.9 Å². The third kappa shape index (κ3) is 2.99. The molecule has 1 aliphatic heterocycles. The van der Waals surface area contributed by atoms with Gasteiger partial charge in [-0.2, -0.15) is 4.98 Å². The highest BCUT2D eigenvalue weighted by molar-refractivity contribution is 6.28. The van der Waals surface area contributed by atoms with Gasteiger partial charge in [-0.1, -0.05) is 30.3 Å². The van der Waals surface area contributed by atoms with Crippen molar-refractivity contribution in [2.45, 2.75) is 6.04 Å². The first-order chi connectivity index (χ1) is 10.1. The van der Waals surface area contributed by atoms with Crippen molar-refractivity contribution in [2.24, 2.45) is 0 Å². The SMILES string of the molecule is CN1CCN(c2nc(Cl)ncc2F)C(c2ccccc2)C1. The Kier molecular flexibility index (Phi) is 4.03. The van der Waals surface area contributed by atoms with Crippen molar-refractivity contribution in [3.63, 3.8) is 0 Å². The van der Waals surface area contributed by atoms with E-state index in [2.05, 4.69) is 34.0 Å². The first-order valence-electron chi connectivity index (χ1n) is 6.83. The van der Waals surface area contributed by atoms with Gasteiger partial charge in [0.05, 0.1) is 12.2 Å². The van der Waals surface area contributed by atoms with Crippen LogP contribution >= 0.6 is 11.6 Å². The molecular weight excluding hydrogens is 291 g/mol. The van der Waals surface area contributed by atoms with Crippen LogP contribution in [0.1, 0.15) is 11.6 Å². The lowest BCUT2D eigenvalue weighted by Crippen LogP contribution is -2.47. The number of benzene rings is 1. The fourth-order valence-corrected chi connectivity index (χ4v) is 2.80. The second-order valence-corrected chi connectivity index (χ2v) is 5.53. The summed E-state index contributed by atoms with van der Waals surface area (Å²) in [6.07, 6.45) is 1.13. The molecule has 1 fully saturated rings. The fourth-order valence-electron chi connectivity index (χ4n) is 2.67. The molecule has 1 saturated heterocycles. The van der Waals surface area contributed by atoms with Crippen molar-refractivity contribution in [3.05, 3.63) is 53.2 Å². The number of rotatable bonds is 2. The van der Waals surface area contributed by atoms with Gasteiger partial charge in [0.15, 0.2) is 11.6 Å². The normalized spacial score (nSPS) is 19.8. The maximum atomic E-state index is 14.1. The molecule has 1 aromatic carbocycles. The standard InChI is InChI=1S/C15H16ClFN4/c1-20-7-8-21(14-12(17)9-18-15(16)19-14)13(10-20)11-5-3-2-4-6-11/h2-6,9,13H,7-8,10H2,1H3. The minimum atomic E-state index is -0.440. The lowest BCUT2D eigenvalue weighted by atomic mass is 10.0. The maximum Gasteiger partial charge on any atom is 0.224 e. The summed E-state index contributed by atoms with van der Waals surface area (Å²) in [4.78, 5) is 12.0. The predicted octanol–water partition coefficient (Wildman–Crippen LogP) is 2.76. The molecule has 1 aliphatic rings. The smallest absolute Gasteiger partial charge is 0.224 e. The van der Waals surface area contributed by atoms with E-state index in [4.69, 9.17) is 11.6 Å². The molecule has 0 spiro atoms. The number of anilines is 1. The molecule has 0 N–H and O–H groups in total. The Bertz CT molecular complexity index is 622. The van der Waals surface area contributed by atoms with E-state index >= 15 is 0 Å². The molecule has 1 aromatic heterocycles. The van der Waals surface area contributed by atoms with Gasteiger partial charge in [-0.25, -0.2) is 9.37 Å². The van der Waals surface area contributed by atoms with Crippen LogP contribution in [-0.4, -0.2) is 41.5 Å². The molecule has 1 unspecified atom stereocenters. The number of hydrogen-bond donors (Lipinski definition) is 0. The average Bonchev–Trinajstić information content (AvgIpc) is 2.51. The lowest BCUT2D eigenvalue weighted by molar-refractivity contribution is 0.266. The van der Waals surface area contributed by atoms with Crippen LogP contribution in [0.15, 0.2) is 36.5 Å². The fraction of sp³-hybridized carbons (Fsp3) is 0.333. The van der Waals surface area contributed by atoms with E-state index in [0.717, 1.165) is 24.8 Å². The minimum absolute atomic E-state index is 0.0467. The zero-order valence-corrected chi connectivity index (χ0v) is 12.5. The van der Waals surface area contributed by atoms with Gasteiger partial charge in [-0.3, -0.25) is 0 Å². The average molecular weight is 307 g/mol. The Hall–Kier alpha value is -1.72. The summed E-state index contributed by atoms with van der Waals surface area (Å²) in [5, 5.41) is 0.0668. The number of piperazine rings is 1. The molecular formula is C15H16ClFN4. The summed E-state index contributed by atoms with van der Waals surface area (Å²) >= 11 is 5.83. The second kappa shape index (κ2) is 5.95. The van der Waals surface area contributed by atoms with Gasteiger partial charge in [0.1, 0.15) is 0 Å². The van der Waals surface area contributed by atoms with Gasteiger partial charge in [0.2, 0.25) is 5.28 Å². The Labute approximate surface area is 128 Å². The molecule has 21 heavy (non-hydrogen) atoms. The zero-order chi connectivity index (χ0) is 14.8. The summed E-state index contributed by atoms with van der Waals surface area (Å²) in [6, 6.07) is 10.1. The molecule has 2 heterocycles. The number of nitrogens with zero attached hydrogens (tertiary/aromatic N) is 4. The van der Waals surface area contributed by atoms with Crippen molar-refractivity contribution in [3.8, 4) is 0 Å². The van der Waals surface area contributed by atoms with E-state index < -0.39 is 5.82 Å². The maximum absolute atomic E-state index is 14.1. The van der Waals surface area contributed by atoms with E-state index in [1.54, 1.807) is 0 Å². The van der Waals surface area contributed by atoms with Crippen LogP contribution in [0.5, 0.6) is 0 Å². The molecule has 0 amide bonds. The topological polar surface area (TPSA) is 32.3 Å². The van der Waals surface area contributed by atoms with Crippen LogP contribution in [0.3, 0.4) is 0 Å². The molecule has 4 nitrogen and oxygen atoms in total. The van der Waals surface area contributed by atoms with Gasteiger partial charge in [-0.05, 0) is 24.2 Å². The van der Waals surface area contributed by atoms with Crippen molar-refractivity contribution >= 4 is 17.4 Å². The monoisotopic (exact) mass is 306 g/mol. The molecule has 0 aliphatic carbocycles. The molecule has 1 atom stereocenters. The molecule has 0 saturated carbocycles. The summed E-state index contributed by atoms with van der Waals surface area (Å²) in [5.74, 6) is -0.165. The largest absolute Gasteiger partial charge is 0.344 e. The van der Waals surface area contributed by atoms with Crippen molar-refractivity contribution < 1.29 is 4.39 Å². The Balaban J connectivity index is 2.00. The number of hydrogen-bond acceptors (Lipinski definition) is 4. The molecule has 6 heteroatoms. The zero-order valence-electron chi connectivity index (χ0n) is 11.7. The Morgan fingerprint density at radius 1 is 1.24 bits per heavy atom. The molecule has 0 radical (unpaired) electrons. The molecule has 0 bridgehead atoms. The van der Waals surface area contributed by atoms with E-state index in [1.807, 2.05) is 23.1 Å². The molecule has 110 valence electrons. The van der Waals surface area contributed by atoms with E-state index in [0.29, 0.717) is 6.54 Å². The number of likely N-dealkylation sites (N-methyl/N-ethyl adjacent to an activating group) is 1. The third-order valence-corrected chi connectivity index (χ3v) is 3.92. The predicted molar refractivity (Wildman–Crippen MR) is 81.0 cm³/mol. The second-order valence-electron chi connectivity index (χ2n) is 5.19. The van der Waals surface area contributed by atoms with E-state index in [1.165, 1.54) is 0 Å². The van der Waals surface area contributed by atoms with Crippen molar-refractivity contribution in [2.75, 3.05) is 31.6 Å². The highest BCUT2D eigenvalue weighted by Gasteiger charge is 2.29. The van der Waals surface area contributed by atoms with Crippen molar-refractivity contribution in [1.29, 1.82) is 0 Å². The van der Waals surface area contributed by atoms with Crippen LogP contribution in [-0.2, 0) is 0 Å². The minimum Gasteiger partial charge on any atom is -0.344 e. The number of halogens is 2. The number of aromatic nitrogens is 2. The highest BCUT2D eigenvalue weighted by Crippen LogP contribution is 2.30. The Morgan fingerprint density at radius 3 is 2.76 bits per heavy atom.